The number of rotatable bonds is 1. The zero-order chi connectivity index (χ0) is 18.1. The SMILES string of the molecule is Cc1cc2c(c(C)c1-n1cc[n+]3c1-c1ccccc1C3)-c1ccncc1C2. The normalized spacial score (nSPS) is 13.3. The predicted octanol–water partition coefficient (Wildman–Crippen LogP) is 4.38. The average molecular weight is 350 g/mol. The third kappa shape index (κ3) is 1.91. The van der Waals surface area contributed by atoms with Gasteiger partial charge in [0.15, 0.2) is 0 Å². The lowest BCUT2D eigenvalue weighted by molar-refractivity contribution is -0.671. The number of nitrogens with zero attached hydrogens (tertiary/aromatic N) is 3. The van der Waals surface area contributed by atoms with E-state index in [2.05, 4.69) is 76.8 Å². The lowest BCUT2D eigenvalue weighted by atomic mass is 9.95. The highest BCUT2D eigenvalue weighted by atomic mass is 15.2. The number of aromatic nitrogens is 3. The maximum absolute atomic E-state index is 4.33. The van der Waals surface area contributed by atoms with Gasteiger partial charge in [0.25, 0.3) is 5.82 Å². The van der Waals surface area contributed by atoms with Crippen LogP contribution in [-0.4, -0.2) is 9.55 Å². The highest BCUT2D eigenvalue weighted by Gasteiger charge is 2.32. The van der Waals surface area contributed by atoms with Crippen LogP contribution in [-0.2, 0) is 13.0 Å². The van der Waals surface area contributed by atoms with E-state index < -0.39 is 0 Å². The maximum Gasteiger partial charge on any atom is 0.294 e. The molecule has 2 aliphatic rings. The minimum absolute atomic E-state index is 0.954. The summed E-state index contributed by atoms with van der Waals surface area (Å²) in [5.41, 5.74) is 12.2. The summed E-state index contributed by atoms with van der Waals surface area (Å²) in [6.45, 7) is 5.46. The second kappa shape index (κ2) is 5.17. The van der Waals surface area contributed by atoms with E-state index >= 15 is 0 Å². The van der Waals surface area contributed by atoms with Crippen molar-refractivity contribution in [3.8, 4) is 28.2 Å². The highest BCUT2D eigenvalue weighted by Crippen LogP contribution is 2.42. The fourth-order valence-electron chi connectivity index (χ4n) is 5.04. The molecular weight excluding hydrogens is 330 g/mol. The summed E-state index contributed by atoms with van der Waals surface area (Å²) in [5, 5.41) is 0. The van der Waals surface area contributed by atoms with Crippen LogP contribution in [0.1, 0.15) is 27.8 Å². The van der Waals surface area contributed by atoms with Crippen molar-refractivity contribution in [1.82, 2.24) is 9.55 Å². The van der Waals surface area contributed by atoms with Gasteiger partial charge in [-0.3, -0.25) is 4.98 Å². The Morgan fingerprint density at radius 2 is 1.89 bits per heavy atom. The number of hydrogen-bond acceptors (Lipinski definition) is 1. The van der Waals surface area contributed by atoms with E-state index in [1.165, 1.54) is 56.0 Å². The van der Waals surface area contributed by atoms with Crippen molar-refractivity contribution in [3.63, 3.8) is 0 Å². The second-order valence-electron chi connectivity index (χ2n) is 7.69. The Morgan fingerprint density at radius 3 is 2.81 bits per heavy atom. The van der Waals surface area contributed by atoms with Crippen LogP contribution < -0.4 is 4.57 Å². The van der Waals surface area contributed by atoms with E-state index in [9.17, 15) is 0 Å². The van der Waals surface area contributed by atoms with E-state index in [-0.39, 0.29) is 0 Å². The van der Waals surface area contributed by atoms with Crippen LogP contribution in [0.4, 0.5) is 0 Å². The van der Waals surface area contributed by atoms with Crippen LogP contribution in [0.2, 0.25) is 0 Å². The van der Waals surface area contributed by atoms with Gasteiger partial charge in [0, 0.05) is 29.9 Å². The van der Waals surface area contributed by atoms with Crippen molar-refractivity contribution in [3.05, 3.63) is 89.0 Å². The van der Waals surface area contributed by atoms with Crippen molar-refractivity contribution >= 4 is 0 Å². The Kier molecular flexibility index (Phi) is 2.85. The molecule has 1 aliphatic carbocycles. The fourth-order valence-corrected chi connectivity index (χ4v) is 5.04. The molecule has 130 valence electrons. The zero-order valence-corrected chi connectivity index (χ0v) is 15.5. The number of pyridine rings is 1. The Morgan fingerprint density at radius 1 is 1.00 bits per heavy atom. The van der Waals surface area contributed by atoms with Crippen LogP contribution >= 0.6 is 0 Å². The van der Waals surface area contributed by atoms with Crippen molar-refractivity contribution in [2.75, 3.05) is 0 Å². The van der Waals surface area contributed by atoms with Crippen LogP contribution in [0.3, 0.4) is 0 Å². The molecule has 0 saturated heterocycles. The first-order valence-corrected chi connectivity index (χ1v) is 9.48. The molecule has 2 aromatic carbocycles. The monoisotopic (exact) mass is 350 g/mol. The molecule has 0 bridgehead atoms. The van der Waals surface area contributed by atoms with Crippen LogP contribution in [0.15, 0.2) is 61.2 Å². The average Bonchev–Trinajstić information content (AvgIpc) is 3.33. The van der Waals surface area contributed by atoms with Gasteiger partial charge in [-0.05, 0) is 53.8 Å². The highest BCUT2D eigenvalue weighted by molar-refractivity contribution is 5.83. The van der Waals surface area contributed by atoms with E-state index in [0.29, 0.717) is 0 Å². The molecule has 3 heteroatoms. The minimum atomic E-state index is 0.954. The first-order valence-electron chi connectivity index (χ1n) is 9.48. The summed E-state index contributed by atoms with van der Waals surface area (Å²) in [5.74, 6) is 1.28. The minimum Gasteiger partial charge on any atom is -0.264 e. The lowest BCUT2D eigenvalue weighted by Crippen LogP contribution is -2.30. The Hall–Kier alpha value is -3.20. The van der Waals surface area contributed by atoms with Gasteiger partial charge >= 0.3 is 0 Å². The second-order valence-corrected chi connectivity index (χ2v) is 7.69. The van der Waals surface area contributed by atoms with Gasteiger partial charge in [-0.15, -0.1) is 0 Å². The molecule has 6 rings (SSSR count). The Balaban J connectivity index is 1.63. The van der Waals surface area contributed by atoms with Crippen LogP contribution in [0, 0.1) is 13.8 Å². The molecule has 0 amide bonds. The molecule has 4 aromatic rings. The largest absolute Gasteiger partial charge is 0.294 e. The summed E-state index contributed by atoms with van der Waals surface area (Å²) in [6, 6.07) is 13.3. The molecule has 2 aromatic heterocycles. The van der Waals surface area contributed by atoms with Gasteiger partial charge in [0.2, 0.25) is 0 Å². The lowest BCUT2D eigenvalue weighted by Gasteiger charge is -2.13. The van der Waals surface area contributed by atoms with E-state index in [1.54, 1.807) is 0 Å². The molecule has 0 atom stereocenters. The fraction of sp³-hybridized carbons (Fsp3) is 0.167. The van der Waals surface area contributed by atoms with Gasteiger partial charge in [-0.2, -0.15) is 4.57 Å². The van der Waals surface area contributed by atoms with Gasteiger partial charge < -0.3 is 0 Å². The van der Waals surface area contributed by atoms with E-state index in [4.69, 9.17) is 0 Å². The van der Waals surface area contributed by atoms with Crippen LogP contribution in [0.25, 0.3) is 28.2 Å². The summed E-state index contributed by atoms with van der Waals surface area (Å²) < 4.78 is 4.74. The quantitative estimate of drug-likeness (QED) is 0.403. The molecule has 0 unspecified atom stereocenters. The topological polar surface area (TPSA) is 21.7 Å². The maximum atomic E-state index is 4.33. The standard InChI is InChI=1S/C24H20N3/c1-15-11-18-12-19-13-25-8-7-20(19)22(18)16(2)23(15)27-10-9-26-14-17-5-3-4-6-21(17)24(26)27/h3-11,13H,12,14H2,1-2H3/q+1. The molecule has 1 aliphatic heterocycles. The first-order chi connectivity index (χ1) is 13.2. The number of imidazole rings is 1. The predicted molar refractivity (Wildman–Crippen MR) is 106 cm³/mol. The number of aryl methyl sites for hydroxylation is 1. The van der Waals surface area contributed by atoms with Gasteiger partial charge in [-0.25, -0.2) is 4.57 Å². The smallest absolute Gasteiger partial charge is 0.264 e. The summed E-state index contributed by atoms with van der Waals surface area (Å²) in [7, 11) is 0. The molecule has 0 N–H and O–H groups in total. The summed E-state index contributed by atoms with van der Waals surface area (Å²) in [4.78, 5) is 4.33. The summed E-state index contributed by atoms with van der Waals surface area (Å²) >= 11 is 0. The van der Waals surface area contributed by atoms with Crippen molar-refractivity contribution in [2.24, 2.45) is 0 Å². The Bertz CT molecular complexity index is 1250. The first kappa shape index (κ1) is 14.9. The Labute approximate surface area is 158 Å². The van der Waals surface area contributed by atoms with E-state index in [0.717, 1.165) is 13.0 Å². The molecule has 3 nitrogen and oxygen atoms in total. The van der Waals surface area contributed by atoms with Crippen molar-refractivity contribution in [2.45, 2.75) is 26.8 Å². The molecule has 0 spiro atoms. The number of hydrogen-bond donors (Lipinski definition) is 0. The number of fused-ring (bicyclic) bond motifs is 6. The summed E-state index contributed by atoms with van der Waals surface area (Å²) in [6.07, 6.45) is 9.34. The van der Waals surface area contributed by atoms with E-state index in [1.807, 2.05) is 12.4 Å². The molecule has 0 saturated carbocycles. The zero-order valence-electron chi connectivity index (χ0n) is 15.5. The third-order valence-electron chi connectivity index (χ3n) is 6.11. The molecular formula is C24H20N3+. The third-order valence-corrected chi connectivity index (χ3v) is 6.11. The van der Waals surface area contributed by atoms with Crippen molar-refractivity contribution in [1.29, 1.82) is 0 Å². The number of benzene rings is 2. The van der Waals surface area contributed by atoms with Crippen LogP contribution in [0.5, 0.6) is 0 Å². The van der Waals surface area contributed by atoms with Gasteiger partial charge in [-0.1, -0.05) is 24.3 Å². The molecule has 0 radical (unpaired) electrons. The molecule has 27 heavy (non-hydrogen) atoms. The van der Waals surface area contributed by atoms with Gasteiger partial charge in [0.1, 0.15) is 24.6 Å². The molecule has 0 fully saturated rings. The molecule has 3 heterocycles. The van der Waals surface area contributed by atoms with Gasteiger partial charge in [0.05, 0.1) is 5.56 Å². The van der Waals surface area contributed by atoms with Crippen molar-refractivity contribution < 1.29 is 4.57 Å².